The Labute approximate surface area is 195 Å². The first kappa shape index (κ1) is 21.0. The van der Waals surface area contributed by atoms with Gasteiger partial charge in [0.25, 0.3) is 0 Å². The Kier molecular flexibility index (Phi) is 5.73. The number of carbonyl (C=O) groups is 1. The molecule has 0 spiro atoms. The molecule has 6 rings (SSSR count). The highest BCUT2D eigenvalue weighted by Crippen LogP contribution is 2.42. The van der Waals surface area contributed by atoms with Gasteiger partial charge < -0.3 is 10.2 Å². The summed E-state index contributed by atoms with van der Waals surface area (Å²) in [5.74, 6) is 0.973. The first-order valence-corrected chi connectivity index (χ1v) is 12.4. The molecule has 1 aliphatic carbocycles. The van der Waals surface area contributed by atoms with Crippen LogP contribution in [0.15, 0.2) is 48.8 Å². The summed E-state index contributed by atoms with van der Waals surface area (Å²) >= 11 is 0. The molecule has 6 atom stereocenters. The largest absolute Gasteiger partial charge is 0.335 e. The maximum absolute atomic E-state index is 13.1. The average molecular weight is 448 g/mol. The van der Waals surface area contributed by atoms with Gasteiger partial charge in [-0.15, -0.1) is 0 Å². The molecule has 2 aromatic rings. The average Bonchev–Trinajstić information content (AvgIpc) is 3.26. The van der Waals surface area contributed by atoms with E-state index in [1.807, 2.05) is 6.20 Å². The summed E-state index contributed by atoms with van der Waals surface area (Å²) in [5, 5.41) is 11.4. The third-order valence-corrected chi connectivity index (χ3v) is 8.16. The monoisotopic (exact) mass is 447 g/mol. The Morgan fingerprint density at radius 1 is 1.00 bits per heavy atom. The molecule has 3 N–H and O–H groups in total. The third kappa shape index (κ3) is 4.23. The Balaban J connectivity index is 1.13. The van der Waals surface area contributed by atoms with Crippen LogP contribution in [0.1, 0.15) is 42.9 Å². The number of urea groups is 1. The molecule has 1 saturated carbocycles. The molecule has 3 aliphatic heterocycles. The van der Waals surface area contributed by atoms with Crippen molar-refractivity contribution in [1.82, 2.24) is 36.2 Å². The predicted octanol–water partition coefficient (Wildman–Crippen LogP) is 2.08. The van der Waals surface area contributed by atoms with E-state index in [0.29, 0.717) is 23.9 Å². The van der Waals surface area contributed by atoms with Crippen molar-refractivity contribution in [2.24, 2.45) is 11.8 Å². The summed E-state index contributed by atoms with van der Waals surface area (Å²) in [5.41, 5.74) is 9.51. The summed E-state index contributed by atoms with van der Waals surface area (Å²) in [7, 11) is 0. The van der Waals surface area contributed by atoms with Gasteiger partial charge >= 0.3 is 6.03 Å². The number of hydrogen-bond acceptors (Lipinski definition) is 6. The summed E-state index contributed by atoms with van der Waals surface area (Å²) in [6.07, 6.45) is 7.94. The first-order chi connectivity index (χ1) is 16.2. The minimum Gasteiger partial charge on any atom is -0.335 e. The number of nitrogens with zero attached hydrogens (tertiary/aromatic N) is 4. The van der Waals surface area contributed by atoms with E-state index in [4.69, 9.17) is 0 Å². The number of likely N-dealkylation sites (tertiary alicyclic amines) is 1. The van der Waals surface area contributed by atoms with Crippen LogP contribution in [0.2, 0.25) is 0 Å². The molecule has 4 heterocycles. The lowest BCUT2D eigenvalue weighted by Gasteiger charge is -2.49. The van der Waals surface area contributed by atoms with Crippen molar-refractivity contribution >= 4 is 6.03 Å². The van der Waals surface area contributed by atoms with E-state index in [1.165, 1.54) is 11.1 Å². The van der Waals surface area contributed by atoms with Crippen molar-refractivity contribution in [3.63, 3.8) is 0 Å². The van der Waals surface area contributed by atoms with Gasteiger partial charge in [0.1, 0.15) is 0 Å². The molecule has 3 saturated heterocycles. The van der Waals surface area contributed by atoms with Crippen LogP contribution >= 0.6 is 0 Å². The topological polar surface area (TPSA) is 85.4 Å². The molecular formula is C25H33N7O. The van der Waals surface area contributed by atoms with Crippen molar-refractivity contribution in [1.29, 1.82) is 0 Å². The molecule has 1 aromatic heterocycles. The van der Waals surface area contributed by atoms with Crippen LogP contribution in [0.4, 0.5) is 4.79 Å². The van der Waals surface area contributed by atoms with Crippen molar-refractivity contribution in [2.75, 3.05) is 19.6 Å². The predicted molar refractivity (Wildman–Crippen MR) is 125 cm³/mol. The maximum atomic E-state index is 13.1. The van der Waals surface area contributed by atoms with Gasteiger partial charge in [0.15, 0.2) is 0 Å². The van der Waals surface area contributed by atoms with Gasteiger partial charge in [-0.25, -0.2) is 10.2 Å². The number of piperidine rings is 1. The molecule has 4 aliphatic rings. The Morgan fingerprint density at radius 2 is 1.91 bits per heavy atom. The number of hydrazine groups is 1. The minimum atomic E-state index is 0.127. The molecule has 0 radical (unpaired) electrons. The second-order valence-corrected chi connectivity index (χ2v) is 10.2. The van der Waals surface area contributed by atoms with Gasteiger partial charge in [-0.2, -0.15) is 10.2 Å². The third-order valence-electron chi connectivity index (χ3n) is 8.16. The fourth-order valence-electron chi connectivity index (χ4n) is 6.51. The van der Waals surface area contributed by atoms with Crippen LogP contribution in [0.5, 0.6) is 0 Å². The van der Waals surface area contributed by atoms with Crippen LogP contribution in [-0.4, -0.2) is 63.8 Å². The Morgan fingerprint density at radius 3 is 2.76 bits per heavy atom. The minimum absolute atomic E-state index is 0.127. The molecular weight excluding hydrogens is 414 g/mol. The number of carbonyl (C=O) groups excluding carboxylic acids is 1. The normalized spacial score (nSPS) is 34.4. The van der Waals surface area contributed by atoms with Gasteiger partial charge in [-0.05, 0) is 61.3 Å². The van der Waals surface area contributed by atoms with Crippen LogP contribution in [-0.2, 0) is 6.54 Å². The fraction of sp³-hybridized carbons (Fsp3) is 0.560. The van der Waals surface area contributed by atoms with E-state index in [2.05, 4.69) is 72.6 Å². The number of hydrogen-bond donors (Lipinski definition) is 3. The molecule has 0 bridgehead atoms. The zero-order valence-corrected chi connectivity index (χ0v) is 18.9. The highest BCUT2D eigenvalue weighted by molar-refractivity contribution is 5.76. The van der Waals surface area contributed by atoms with Gasteiger partial charge in [0.2, 0.25) is 0 Å². The van der Waals surface area contributed by atoms with Gasteiger partial charge in [-0.3, -0.25) is 10.3 Å². The van der Waals surface area contributed by atoms with E-state index in [9.17, 15) is 4.79 Å². The Bertz CT molecular complexity index is 958. The molecule has 5 unspecified atom stereocenters. The number of fused-ring (bicyclic) bond motifs is 2. The number of nitrogens with one attached hydrogen (secondary N) is 3. The quantitative estimate of drug-likeness (QED) is 0.666. The standard InChI is InChI=1S/C25H33N7O/c33-25-28-22-12-23-21(24(30-29-23)18-8-9-26-27-13-18)11-19(22)15-32(25)20-7-4-10-31(16-20)14-17-5-2-1-3-6-17/h1-3,5-6,8-9,13,19-24,29-30H,4,7,10-12,14-16H2,(H,28,33)/t19?,20-,21?,22?,23?,24?/m1/s1. The SMILES string of the molecule is O=C1NC2CC3NNC(c4ccnnc4)C3CC2CN1[C@@H]1CCCN(Cc2ccccc2)C1. The summed E-state index contributed by atoms with van der Waals surface area (Å²) in [6.45, 7) is 3.89. The van der Waals surface area contributed by atoms with Gasteiger partial charge in [0.05, 0.1) is 12.2 Å². The fourth-order valence-corrected chi connectivity index (χ4v) is 6.51. The van der Waals surface area contributed by atoms with Crippen molar-refractivity contribution in [3.8, 4) is 0 Å². The van der Waals surface area contributed by atoms with E-state index in [1.54, 1.807) is 6.20 Å². The summed E-state index contributed by atoms with van der Waals surface area (Å²) in [6, 6.07) is 14.0. The molecule has 4 fully saturated rings. The zero-order valence-electron chi connectivity index (χ0n) is 18.9. The van der Waals surface area contributed by atoms with Gasteiger partial charge in [-0.1, -0.05) is 30.3 Å². The van der Waals surface area contributed by atoms with Crippen LogP contribution in [0.3, 0.4) is 0 Å². The van der Waals surface area contributed by atoms with Crippen molar-refractivity contribution < 1.29 is 4.79 Å². The molecule has 2 amide bonds. The lowest BCUT2D eigenvalue weighted by molar-refractivity contribution is 0.0523. The van der Waals surface area contributed by atoms with Crippen molar-refractivity contribution in [2.45, 2.75) is 56.4 Å². The highest BCUT2D eigenvalue weighted by Gasteiger charge is 2.48. The molecule has 8 heteroatoms. The molecule has 33 heavy (non-hydrogen) atoms. The molecule has 1 aromatic carbocycles. The second kappa shape index (κ2) is 9.00. The lowest BCUT2D eigenvalue weighted by atomic mass is 9.71. The van der Waals surface area contributed by atoms with Gasteiger partial charge in [0, 0.05) is 44.0 Å². The number of rotatable bonds is 4. The van der Waals surface area contributed by atoms with Crippen LogP contribution < -0.4 is 16.2 Å². The molecule has 8 nitrogen and oxygen atoms in total. The van der Waals surface area contributed by atoms with E-state index in [0.717, 1.165) is 51.9 Å². The van der Waals surface area contributed by atoms with E-state index in [-0.39, 0.29) is 18.1 Å². The zero-order chi connectivity index (χ0) is 22.2. The number of amides is 2. The second-order valence-electron chi connectivity index (χ2n) is 10.2. The van der Waals surface area contributed by atoms with E-state index < -0.39 is 0 Å². The Hall–Kier alpha value is -2.55. The number of benzene rings is 1. The summed E-state index contributed by atoms with van der Waals surface area (Å²) < 4.78 is 0. The lowest BCUT2D eigenvalue weighted by Crippen LogP contribution is -2.64. The number of aromatic nitrogens is 2. The summed E-state index contributed by atoms with van der Waals surface area (Å²) in [4.78, 5) is 17.8. The van der Waals surface area contributed by atoms with E-state index >= 15 is 0 Å². The first-order valence-electron chi connectivity index (χ1n) is 12.4. The maximum Gasteiger partial charge on any atom is 0.317 e. The van der Waals surface area contributed by atoms with Crippen LogP contribution in [0, 0.1) is 11.8 Å². The molecule has 174 valence electrons. The van der Waals surface area contributed by atoms with Crippen LogP contribution in [0.25, 0.3) is 0 Å². The smallest absolute Gasteiger partial charge is 0.317 e. The van der Waals surface area contributed by atoms with Crippen molar-refractivity contribution in [3.05, 3.63) is 59.9 Å². The highest BCUT2D eigenvalue weighted by atomic mass is 16.2.